The molecule has 2 fully saturated rings. The van der Waals surface area contributed by atoms with E-state index in [0.717, 1.165) is 16.0 Å². The Kier molecular flexibility index (Phi) is 7.58. The van der Waals surface area contributed by atoms with E-state index in [1.54, 1.807) is 24.3 Å². The maximum absolute atomic E-state index is 14.0. The Morgan fingerprint density at radius 3 is 2.38 bits per heavy atom. The Hall–Kier alpha value is -3.90. The quantitative estimate of drug-likeness (QED) is 0.400. The van der Waals surface area contributed by atoms with E-state index in [2.05, 4.69) is 11.4 Å². The molecule has 1 N–H and O–H groups in total. The van der Waals surface area contributed by atoms with Crippen molar-refractivity contribution >= 4 is 46.7 Å². The highest BCUT2D eigenvalue weighted by Gasteiger charge is 2.62. The summed E-state index contributed by atoms with van der Waals surface area (Å²) < 4.78 is 5.55. The highest BCUT2D eigenvalue weighted by Crippen LogP contribution is 2.43. The highest BCUT2D eigenvalue weighted by atomic mass is 35.5. The molecule has 0 saturated carbocycles. The lowest BCUT2D eigenvalue weighted by Gasteiger charge is -2.28. The first kappa shape index (κ1) is 26.7. The second kappa shape index (κ2) is 11.1. The number of anilines is 1. The minimum Gasteiger partial charge on any atom is -0.367 e. The van der Waals surface area contributed by atoms with E-state index in [9.17, 15) is 14.4 Å². The summed E-state index contributed by atoms with van der Waals surface area (Å²) in [7, 11) is 0. The molecule has 2 aliphatic heterocycles. The van der Waals surface area contributed by atoms with E-state index in [0.29, 0.717) is 22.2 Å². The molecule has 0 spiro atoms. The van der Waals surface area contributed by atoms with E-state index in [-0.39, 0.29) is 37.6 Å². The maximum Gasteiger partial charge on any atom is 0.332 e. The number of hydrogen-bond donors (Lipinski definition) is 1. The fourth-order valence-electron chi connectivity index (χ4n) is 5.23. The lowest BCUT2D eigenvalue weighted by Crippen LogP contribution is -2.47. The molecule has 2 saturated heterocycles. The monoisotopic (exact) mass is 562 g/mol. The molecule has 198 valence electrons. The Morgan fingerprint density at radius 2 is 1.72 bits per heavy atom. The van der Waals surface area contributed by atoms with Crippen molar-refractivity contribution in [3.8, 4) is 6.07 Å². The molecule has 0 aromatic heterocycles. The number of nitrogens with zero attached hydrogens (tertiary/aromatic N) is 3. The van der Waals surface area contributed by atoms with Gasteiger partial charge in [0.25, 0.3) is 5.91 Å². The van der Waals surface area contributed by atoms with Crippen molar-refractivity contribution in [2.24, 2.45) is 0 Å². The van der Waals surface area contributed by atoms with Gasteiger partial charge in [0.15, 0.2) is 0 Å². The van der Waals surface area contributed by atoms with Crippen LogP contribution in [0.4, 0.5) is 10.5 Å². The van der Waals surface area contributed by atoms with Gasteiger partial charge in [0.2, 0.25) is 5.91 Å². The standard InChI is InChI=1S/C29H24Cl2N4O4/c30-22-10-23(31)12-25(11-22)35-27(37)29(13-19-6-8-20(15-32)9-7-19)14-24(16-34(29)28(35)38)33-26(36)18-39-17-21-4-2-1-3-5-21/h1-12,24H,13-14,16-18H2,(H,33,36)/t24-,29-/m0/s1. The number of hydrogen-bond acceptors (Lipinski definition) is 5. The third-order valence-electron chi connectivity index (χ3n) is 6.92. The molecule has 2 heterocycles. The van der Waals surface area contributed by atoms with E-state index in [4.69, 9.17) is 33.2 Å². The van der Waals surface area contributed by atoms with Crippen LogP contribution in [0.1, 0.15) is 23.1 Å². The molecule has 0 radical (unpaired) electrons. The fourth-order valence-corrected chi connectivity index (χ4v) is 5.75. The van der Waals surface area contributed by atoms with Gasteiger partial charge in [-0.05, 0) is 41.5 Å². The Balaban J connectivity index is 1.36. The molecule has 0 aliphatic carbocycles. The number of ether oxygens (including phenoxy) is 1. The highest BCUT2D eigenvalue weighted by molar-refractivity contribution is 6.35. The largest absolute Gasteiger partial charge is 0.367 e. The van der Waals surface area contributed by atoms with Gasteiger partial charge in [0, 0.05) is 35.5 Å². The third kappa shape index (κ3) is 5.48. The van der Waals surface area contributed by atoms with Crippen LogP contribution in [-0.4, -0.2) is 47.5 Å². The second-order valence-corrected chi connectivity index (χ2v) is 10.5. The van der Waals surface area contributed by atoms with Crippen molar-refractivity contribution in [3.05, 3.63) is 99.5 Å². The van der Waals surface area contributed by atoms with Crippen LogP contribution in [0.5, 0.6) is 0 Å². The van der Waals surface area contributed by atoms with Crippen LogP contribution < -0.4 is 10.2 Å². The SMILES string of the molecule is N#Cc1ccc(C[C@@]23C[C@H](NC(=O)COCc4ccccc4)CN2C(=O)N(c2cc(Cl)cc(Cl)c2)C3=O)cc1. The molecule has 3 aromatic carbocycles. The van der Waals surface area contributed by atoms with Crippen molar-refractivity contribution in [1.82, 2.24) is 10.2 Å². The van der Waals surface area contributed by atoms with Gasteiger partial charge in [-0.15, -0.1) is 0 Å². The van der Waals surface area contributed by atoms with Crippen molar-refractivity contribution in [1.29, 1.82) is 5.26 Å². The average Bonchev–Trinajstić information content (AvgIpc) is 3.36. The number of nitrogens with one attached hydrogen (secondary N) is 1. The number of halogens is 2. The Labute approximate surface area is 235 Å². The number of carbonyl (C=O) groups excluding carboxylic acids is 3. The van der Waals surface area contributed by atoms with E-state index in [1.165, 1.54) is 23.1 Å². The first-order chi connectivity index (χ1) is 18.8. The van der Waals surface area contributed by atoms with E-state index < -0.39 is 23.5 Å². The number of imide groups is 1. The van der Waals surface area contributed by atoms with Gasteiger partial charge < -0.3 is 15.0 Å². The predicted molar refractivity (Wildman–Crippen MR) is 146 cm³/mol. The molecule has 2 atom stereocenters. The van der Waals surface area contributed by atoms with Crippen LogP contribution in [0.2, 0.25) is 10.0 Å². The van der Waals surface area contributed by atoms with Crippen molar-refractivity contribution < 1.29 is 19.1 Å². The minimum absolute atomic E-state index is 0.149. The lowest BCUT2D eigenvalue weighted by atomic mass is 9.86. The van der Waals surface area contributed by atoms with Gasteiger partial charge in [0.1, 0.15) is 12.1 Å². The molecule has 2 aliphatic rings. The summed E-state index contributed by atoms with van der Waals surface area (Å²) in [6.07, 6.45) is 0.428. The maximum atomic E-state index is 14.0. The number of benzene rings is 3. The van der Waals surface area contributed by atoms with Gasteiger partial charge in [-0.1, -0.05) is 65.7 Å². The predicted octanol–water partition coefficient (Wildman–Crippen LogP) is 4.72. The summed E-state index contributed by atoms with van der Waals surface area (Å²) in [5, 5.41) is 12.7. The number of nitriles is 1. The zero-order chi connectivity index (χ0) is 27.6. The van der Waals surface area contributed by atoms with Crippen LogP contribution >= 0.6 is 23.2 Å². The summed E-state index contributed by atoms with van der Waals surface area (Å²) in [5.74, 6) is -0.753. The number of fused-ring (bicyclic) bond motifs is 1. The van der Waals surface area contributed by atoms with Gasteiger partial charge in [-0.3, -0.25) is 9.59 Å². The van der Waals surface area contributed by atoms with Crippen LogP contribution in [0.25, 0.3) is 0 Å². The zero-order valence-electron chi connectivity index (χ0n) is 20.8. The molecular formula is C29H24Cl2N4O4. The zero-order valence-corrected chi connectivity index (χ0v) is 22.3. The summed E-state index contributed by atoms with van der Waals surface area (Å²) >= 11 is 12.3. The van der Waals surface area contributed by atoms with Gasteiger partial charge in [-0.2, -0.15) is 5.26 Å². The van der Waals surface area contributed by atoms with Gasteiger partial charge in [-0.25, -0.2) is 9.69 Å². The summed E-state index contributed by atoms with van der Waals surface area (Å²) in [5.41, 5.74) is 1.27. The van der Waals surface area contributed by atoms with Crippen LogP contribution in [-0.2, 0) is 27.4 Å². The van der Waals surface area contributed by atoms with Crippen molar-refractivity contribution in [3.63, 3.8) is 0 Å². The second-order valence-electron chi connectivity index (χ2n) is 9.63. The third-order valence-corrected chi connectivity index (χ3v) is 7.36. The van der Waals surface area contributed by atoms with E-state index >= 15 is 0 Å². The molecule has 5 rings (SSSR count). The number of urea groups is 1. The topological polar surface area (TPSA) is 103 Å². The fraction of sp³-hybridized carbons (Fsp3) is 0.241. The lowest BCUT2D eigenvalue weighted by molar-refractivity contribution is -0.127. The normalized spacial score (nSPS) is 20.2. The molecule has 3 aromatic rings. The first-order valence-electron chi connectivity index (χ1n) is 12.3. The van der Waals surface area contributed by atoms with Crippen LogP contribution in [0.15, 0.2) is 72.8 Å². The smallest absolute Gasteiger partial charge is 0.332 e. The molecule has 4 amide bonds. The Morgan fingerprint density at radius 1 is 1.03 bits per heavy atom. The van der Waals surface area contributed by atoms with Crippen molar-refractivity contribution in [2.45, 2.75) is 31.0 Å². The van der Waals surface area contributed by atoms with Crippen molar-refractivity contribution in [2.75, 3.05) is 18.1 Å². The molecular weight excluding hydrogens is 539 g/mol. The molecule has 0 unspecified atom stereocenters. The van der Waals surface area contributed by atoms with E-state index in [1.807, 2.05) is 30.3 Å². The number of carbonyl (C=O) groups is 3. The Bertz CT molecular complexity index is 1440. The summed E-state index contributed by atoms with van der Waals surface area (Å²) in [6.45, 7) is 0.293. The number of amides is 4. The van der Waals surface area contributed by atoms with Crippen LogP contribution in [0, 0.1) is 11.3 Å². The molecule has 39 heavy (non-hydrogen) atoms. The molecule has 0 bridgehead atoms. The number of rotatable bonds is 8. The minimum atomic E-state index is -1.23. The van der Waals surface area contributed by atoms with Crippen LogP contribution in [0.3, 0.4) is 0 Å². The molecule has 8 nitrogen and oxygen atoms in total. The first-order valence-corrected chi connectivity index (χ1v) is 13.1. The van der Waals surface area contributed by atoms with Gasteiger partial charge >= 0.3 is 6.03 Å². The average molecular weight is 563 g/mol. The molecule has 10 heteroatoms. The van der Waals surface area contributed by atoms with Gasteiger partial charge in [0.05, 0.1) is 23.9 Å². The summed E-state index contributed by atoms with van der Waals surface area (Å²) in [6, 6.07) is 22.1. The summed E-state index contributed by atoms with van der Waals surface area (Å²) in [4.78, 5) is 42.9.